The molecule has 174 valence electrons. The van der Waals surface area contributed by atoms with Gasteiger partial charge in [0.05, 0.1) is 7.11 Å². The molecule has 7 heteroatoms. The normalized spacial score (nSPS) is 20.7. The van der Waals surface area contributed by atoms with Crippen LogP contribution in [0.4, 0.5) is 0 Å². The van der Waals surface area contributed by atoms with E-state index in [1.807, 2.05) is 18.7 Å². The minimum Gasteiger partial charge on any atom is -0.496 e. The SMILES string of the molecule is COc1ccc(C)cc1CN1CCC(c2nnc([C@@H]3CCCCN3C(=O)C(C)C)o2)CC1. The molecule has 3 heterocycles. The van der Waals surface area contributed by atoms with E-state index >= 15 is 0 Å². The Morgan fingerprint density at radius 3 is 2.59 bits per heavy atom. The molecule has 0 bridgehead atoms. The number of carbonyl (C=O) groups excluding carboxylic acids is 1. The van der Waals surface area contributed by atoms with Crippen molar-refractivity contribution in [3.63, 3.8) is 0 Å². The highest BCUT2D eigenvalue weighted by molar-refractivity contribution is 5.78. The molecule has 0 saturated carbocycles. The summed E-state index contributed by atoms with van der Waals surface area (Å²) in [5.74, 6) is 2.73. The molecule has 1 aromatic heterocycles. The standard InChI is InChI=1S/C25H36N4O3/c1-17(2)25(30)29-12-6-5-7-21(29)24-27-26-23(32-24)19-10-13-28(14-11-19)16-20-15-18(3)8-9-22(20)31-4/h8-9,15,17,19,21H,5-7,10-14,16H2,1-4H3/t21-/m0/s1. The van der Waals surface area contributed by atoms with Crippen LogP contribution < -0.4 is 4.74 Å². The van der Waals surface area contributed by atoms with Crippen molar-refractivity contribution in [2.75, 3.05) is 26.7 Å². The fourth-order valence-electron chi connectivity index (χ4n) is 4.94. The zero-order chi connectivity index (χ0) is 22.7. The quantitative estimate of drug-likeness (QED) is 0.660. The summed E-state index contributed by atoms with van der Waals surface area (Å²) in [5, 5.41) is 8.79. The Labute approximate surface area is 191 Å². The number of hydrogen-bond acceptors (Lipinski definition) is 6. The smallest absolute Gasteiger partial charge is 0.238 e. The van der Waals surface area contributed by atoms with Crippen molar-refractivity contribution in [2.24, 2.45) is 5.92 Å². The molecule has 32 heavy (non-hydrogen) atoms. The van der Waals surface area contributed by atoms with Gasteiger partial charge >= 0.3 is 0 Å². The largest absolute Gasteiger partial charge is 0.496 e. The molecule has 2 fully saturated rings. The molecule has 2 aromatic rings. The molecule has 0 unspecified atom stereocenters. The second kappa shape index (κ2) is 10.0. The monoisotopic (exact) mass is 440 g/mol. The first-order valence-electron chi connectivity index (χ1n) is 12.0. The van der Waals surface area contributed by atoms with Gasteiger partial charge in [0, 0.05) is 30.5 Å². The van der Waals surface area contributed by atoms with Gasteiger partial charge in [-0.2, -0.15) is 0 Å². The summed E-state index contributed by atoms with van der Waals surface area (Å²) >= 11 is 0. The number of aromatic nitrogens is 2. The van der Waals surface area contributed by atoms with Crippen LogP contribution in [0.15, 0.2) is 22.6 Å². The molecule has 0 radical (unpaired) electrons. The van der Waals surface area contributed by atoms with E-state index in [9.17, 15) is 4.79 Å². The maximum absolute atomic E-state index is 12.7. The molecule has 0 aliphatic carbocycles. The molecule has 2 aliphatic heterocycles. The van der Waals surface area contributed by atoms with Gasteiger partial charge in [0.1, 0.15) is 11.8 Å². The molecule has 2 saturated heterocycles. The minimum atomic E-state index is -0.0752. The van der Waals surface area contributed by atoms with Crippen LogP contribution in [0.1, 0.15) is 80.8 Å². The van der Waals surface area contributed by atoms with Crippen LogP contribution in [0, 0.1) is 12.8 Å². The van der Waals surface area contributed by atoms with Crippen LogP contribution in [0.25, 0.3) is 0 Å². The van der Waals surface area contributed by atoms with Gasteiger partial charge in [-0.25, -0.2) is 0 Å². The number of amides is 1. The van der Waals surface area contributed by atoms with E-state index in [0.29, 0.717) is 5.89 Å². The summed E-state index contributed by atoms with van der Waals surface area (Å²) in [6, 6.07) is 6.28. The highest BCUT2D eigenvalue weighted by Gasteiger charge is 2.34. The summed E-state index contributed by atoms with van der Waals surface area (Å²) in [7, 11) is 1.73. The van der Waals surface area contributed by atoms with Crippen LogP contribution in [0.3, 0.4) is 0 Å². The summed E-state index contributed by atoms with van der Waals surface area (Å²) < 4.78 is 11.7. The van der Waals surface area contributed by atoms with Crippen LogP contribution >= 0.6 is 0 Å². The van der Waals surface area contributed by atoms with Gasteiger partial charge in [-0.15, -0.1) is 10.2 Å². The molecular weight excluding hydrogens is 404 g/mol. The third-order valence-corrected chi connectivity index (χ3v) is 6.79. The van der Waals surface area contributed by atoms with Gasteiger partial charge in [0.2, 0.25) is 17.7 Å². The van der Waals surface area contributed by atoms with Crippen molar-refractivity contribution < 1.29 is 13.9 Å². The number of piperidine rings is 2. The second-order valence-corrected chi connectivity index (χ2v) is 9.54. The van der Waals surface area contributed by atoms with E-state index < -0.39 is 0 Å². The average molecular weight is 441 g/mol. The lowest BCUT2D eigenvalue weighted by Gasteiger charge is -2.34. The molecule has 7 nitrogen and oxygen atoms in total. The van der Waals surface area contributed by atoms with E-state index in [2.05, 4.69) is 40.2 Å². The Hall–Kier alpha value is -2.41. The van der Waals surface area contributed by atoms with Crippen LogP contribution in [-0.4, -0.2) is 52.6 Å². The maximum Gasteiger partial charge on any atom is 0.238 e. The van der Waals surface area contributed by atoms with Crippen molar-refractivity contribution in [1.29, 1.82) is 0 Å². The fourth-order valence-corrected chi connectivity index (χ4v) is 4.94. The first kappa shape index (κ1) is 22.8. The topological polar surface area (TPSA) is 71.7 Å². The van der Waals surface area contributed by atoms with Gasteiger partial charge in [0.15, 0.2) is 0 Å². The van der Waals surface area contributed by atoms with Crippen molar-refractivity contribution in [2.45, 2.75) is 71.4 Å². The Bertz CT molecular complexity index is 918. The van der Waals surface area contributed by atoms with E-state index in [1.165, 1.54) is 11.1 Å². The number of nitrogens with zero attached hydrogens (tertiary/aromatic N) is 4. The van der Waals surface area contributed by atoms with Crippen molar-refractivity contribution in [1.82, 2.24) is 20.0 Å². The van der Waals surface area contributed by atoms with Crippen molar-refractivity contribution >= 4 is 5.91 Å². The predicted molar refractivity (Wildman–Crippen MR) is 122 cm³/mol. The number of benzene rings is 1. The number of methoxy groups -OCH3 is 1. The first-order chi connectivity index (χ1) is 15.5. The number of hydrogen-bond donors (Lipinski definition) is 0. The predicted octanol–water partition coefficient (Wildman–Crippen LogP) is 4.48. The Morgan fingerprint density at radius 1 is 1.12 bits per heavy atom. The van der Waals surface area contributed by atoms with Gasteiger partial charge in [-0.05, 0) is 58.2 Å². The number of carbonyl (C=O) groups is 1. The molecule has 1 amide bonds. The van der Waals surface area contributed by atoms with Crippen molar-refractivity contribution in [3.8, 4) is 5.75 Å². The Morgan fingerprint density at radius 2 is 1.88 bits per heavy atom. The highest BCUT2D eigenvalue weighted by atomic mass is 16.5. The molecule has 2 aliphatic rings. The molecule has 0 N–H and O–H groups in total. The van der Waals surface area contributed by atoms with E-state index in [-0.39, 0.29) is 23.8 Å². The molecule has 0 spiro atoms. The van der Waals surface area contributed by atoms with Crippen LogP contribution in [-0.2, 0) is 11.3 Å². The third-order valence-electron chi connectivity index (χ3n) is 6.79. The zero-order valence-corrected chi connectivity index (χ0v) is 19.8. The maximum atomic E-state index is 12.7. The number of likely N-dealkylation sites (tertiary alicyclic amines) is 2. The third kappa shape index (κ3) is 4.98. The summed E-state index contributed by atoms with van der Waals surface area (Å²) in [6.07, 6.45) is 5.02. The summed E-state index contributed by atoms with van der Waals surface area (Å²) in [4.78, 5) is 17.1. The molecule has 1 aromatic carbocycles. The lowest BCUT2D eigenvalue weighted by molar-refractivity contribution is -0.139. The van der Waals surface area contributed by atoms with E-state index in [1.54, 1.807) is 7.11 Å². The van der Waals surface area contributed by atoms with Crippen molar-refractivity contribution in [3.05, 3.63) is 41.1 Å². The van der Waals surface area contributed by atoms with Gasteiger partial charge in [-0.3, -0.25) is 9.69 Å². The van der Waals surface area contributed by atoms with Crippen LogP contribution in [0.5, 0.6) is 5.75 Å². The Kier molecular flexibility index (Phi) is 7.13. The zero-order valence-electron chi connectivity index (χ0n) is 19.8. The second-order valence-electron chi connectivity index (χ2n) is 9.54. The van der Waals surface area contributed by atoms with Gasteiger partial charge in [0.25, 0.3) is 0 Å². The molecule has 1 atom stereocenters. The lowest BCUT2D eigenvalue weighted by Crippen LogP contribution is -2.40. The van der Waals surface area contributed by atoms with Gasteiger partial charge in [-0.1, -0.05) is 31.5 Å². The fraction of sp³-hybridized carbons (Fsp3) is 0.640. The van der Waals surface area contributed by atoms with Gasteiger partial charge < -0.3 is 14.1 Å². The Balaban J connectivity index is 1.38. The highest BCUT2D eigenvalue weighted by Crippen LogP contribution is 2.34. The number of aryl methyl sites for hydroxylation is 1. The first-order valence-corrected chi connectivity index (χ1v) is 12.0. The lowest BCUT2D eigenvalue weighted by atomic mass is 9.96. The van der Waals surface area contributed by atoms with Crippen LogP contribution in [0.2, 0.25) is 0 Å². The summed E-state index contributed by atoms with van der Waals surface area (Å²) in [5.41, 5.74) is 2.49. The molecular formula is C25H36N4O3. The minimum absolute atomic E-state index is 0.0191. The van der Waals surface area contributed by atoms with E-state index in [4.69, 9.17) is 9.15 Å². The summed E-state index contributed by atoms with van der Waals surface area (Å²) in [6.45, 7) is 9.66. The number of ether oxygens (including phenoxy) is 1. The van der Waals surface area contributed by atoms with E-state index in [0.717, 1.165) is 69.9 Å². The molecule has 4 rings (SSSR count). The number of rotatable bonds is 6. The average Bonchev–Trinajstić information content (AvgIpc) is 3.29.